The maximum absolute atomic E-state index is 12.3. The Bertz CT molecular complexity index is 970. The number of rotatable bonds is 43. The Morgan fingerprint density at radius 3 is 1.21 bits per heavy atom. The first-order valence-electron chi connectivity index (χ1n) is 27.2. The molecule has 0 unspecified atom stereocenters. The highest BCUT2D eigenvalue weighted by molar-refractivity contribution is 7.99. The molecule has 0 amide bonds. The second-order valence-electron chi connectivity index (χ2n) is 19.2. The number of unbranched alkanes of at least 4 members (excludes halogenated alkanes) is 22. The van der Waals surface area contributed by atoms with Crippen LogP contribution in [0.15, 0.2) is 24.3 Å². The summed E-state index contributed by atoms with van der Waals surface area (Å²) < 4.78 is 11.2. The number of nitrogens with zero attached hydrogens (tertiary/aromatic N) is 2. The van der Waals surface area contributed by atoms with Crippen molar-refractivity contribution in [3.05, 3.63) is 24.3 Å². The summed E-state index contributed by atoms with van der Waals surface area (Å²) in [6.07, 6.45) is 52.3. The Balaban J connectivity index is 1.29. The lowest BCUT2D eigenvalue weighted by molar-refractivity contribution is -0.145. The predicted octanol–water partition coefficient (Wildman–Crippen LogP) is 15.5. The van der Waals surface area contributed by atoms with Crippen molar-refractivity contribution in [1.82, 2.24) is 9.80 Å². The number of carbonyl (C=O) groups is 2. The van der Waals surface area contributed by atoms with Crippen molar-refractivity contribution in [2.45, 2.75) is 239 Å². The average Bonchev–Trinajstić information content (AvgIpc) is 3.28. The van der Waals surface area contributed by atoms with Gasteiger partial charge in [0.1, 0.15) is 0 Å². The molecular weight excluding hydrogens is 785 g/mol. The first kappa shape index (κ1) is 56.8. The predicted molar refractivity (Wildman–Crippen MR) is 270 cm³/mol. The first-order chi connectivity index (χ1) is 30.6. The van der Waals surface area contributed by atoms with Crippen LogP contribution in [0.3, 0.4) is 0 Å². The number of esters is 2. The molecule has 7 heteroatoms. The molecule has 0 N–H and O–H groups in total. The average molecular weight is 887 g/mol. The normalized spacial score (nSPS) is 16.0. The molecule has 0 atom stereocenters. The van der Waals surface area contributed by atoms with Gasteiger partial charge in [0.05, 0.1) is 13.2 Å². The fourth-order valence-corrected chi connectivity index (χ4v) is 10.1. The van der Waals surface area contributed by atoms with E-state index in [0.29, 0.717) is 37.9 Å². The van der Waals surface area contributed by atoms with Gasteiger partial charge in [-0.05, 0) is 159 Å². The summed E-state index contributed by atoms with van der Waals surface area (Å²) in [4.78, 5) is 29.8. The lowest BCUT2D eigenvalue weighted by atomic mass is 9.94. The Hall–Kier alpha value is -1.31. The van der Waals surface area contributed by atoms with Crippen molar-refractivity contribution in [2.75, 3.05) is 64.0 Å². The van der Waals surface area contributed by atoms with Gasteiger partial charge in [-0.2, -0.15) is 11.8 Å². The second kappa shape index (κ2) is 43.6. The van der Waals surface area contributed by atoms with Crippen LogP contribution >= 0.6 is 11.8 Å². The molecule has 2 aliphatic rings. The number of allylic oxidation sites excluding steroid dienone is 4. The number of hydrogen-bond donors (Lipinski definition) is 0. The third-order valence-electron chi connectivity index (χ3n) is 13.6. The van der Waals surface area contributed by atoms with E-state index in [1.54, 1.807) is 0 Å². The van der Waals surface area contributed by atoms with Gasteiger partial charge in [0.2, 0.25) is 0 Å². The van der Waals surface area contributed by atoms with Gasteiger partial charge in [0.25, 0.3) is 0 Å². The molecule has 6 nitrogen and oxygen atoms in total. The van der Waals surface area contributed by atoms with E-state index in [4.69, 9.17) is 9.47 Å². The van der Waals surface area contributed by atoms with Gasteiger partial charge < -0.3 is 19.3 Å². The molecule has 0 bridgehead atoms. The lowest BCUT2D eigenvalue weighted by Crippen LogP contribution is -2.36. The molecule has 2 rings (SSSR count). The van der Waals surface area contributed by atoms with E-state index in [0.717, 1.165) is 38.5 Å². The molecule has 2 fully saturated rings. The van der Waals surface area contributed by atoms with Crippen LogP contribution < -0.4 is 0 Å². The number of hydrogen-bond acceptors (Lipinski definition) is 7. The van der Waals surface area contributed by atoms with Crippen molar-refractivity contribution < 1.29 is 19.1 Å². The van der Waals surface area contributed by atoms with Gasteiger partial charge in [0.15, 0.2) is 0 Å². The largest absolute Gasteiger partial charge is 0.466 e. The Kier molecular flexibility index (Phi) is 39.9. The van der Waals surface area contributed by atoms with Crippen molar-refractivity contribution in [1.29, 1.82) is 0 Å². The van der Waals surface area contributed by atoms with Crippen molar-refractivity contribution in [3.8, 4) is 0 Å². The smallest absolute Gasteiger partial charge is 0.305 e. The molecule has 0 spiro atoms. The van der Waals surface area contributed by atoms with Gasteiger partial charge in [-0.15, -0.1) is 0 Å². The van der Waals surface area contributed by atoms with E-state index in [9.17, 15) is 9.59 Å². The summed E-state index contributed by atoms with van der Waals surface area (Å²) in [5.74, 6) is 3.92. The molecule has 362 valence electrons. The molecule has 0 radical (unpaired) electrons. The van der Waals surface area contributed by atoms with Crippen LogP contribution in [0.25, 0.3) is 0 Å². The Labute approximate surface area is 389 Å². The molecule has 2 saturated heterocycles. The van der Waals surface area contributed by atoms with Crippen LogP contribution in [-0.2, 0) is 19.1 Å². The van der Waals surface area contributed by atoms with E-state index in [-0.39, 0.29) is 11.9 Å². The fourth-order valence-electron chi connectivity index (χ4n) is 9.19. The number of carbonyl (C=O) groups excluding carboxylic acids is 2. The highest BCUT2D eigenvalue weighted by Gasteiger charge is 2.21. The first-order valence-corrected chi connectivity index (χ1v) is 28.4. The topological polar surface area (TPSA) is 59.1 Å². The maximum Gasteiger partial charge on any atom is 0.305 e. The highest BCUT2D eigenvalue weighted by atomic mass is 32.2. The monoisotopic (exact) mass is 887 g/mol. The number of ether oxygens (including phenoxy) is 2. The van der Waals surface area contributed by atoms with E-state index < -0.39 is 0 Å². The SMILES string of the molecule is CCCCCCCC/C=C\CCCCCCCC(=O)OCCC1CCN(CCCSCCN2CCC(CCOC(=O)CCCCCCC/C=C\CCCCCCCC)CC2)CC1. The van der Waals surface area contributed by atoms with Gasteiger partial charge in [-0.1, -0.05) is 141 Å². The van der Waals surface area contributed by atoms with Crippen molar-refractivity contribution >= 4 is 23.7 Å². The van der Waals surface area contributed by atoms with Crippen LogP contribution in [-0.4, -0.2) is 85.7 Å². The van der Waals surface area contributed by atoms with Crippen LogP contribution in [0.1, 0.15) is 239 Å². The molecule has 2 heterocycles. The van der Waals surface area contributed by atoms with Crippen molar-refractivity contribution in [3.63, 3.8) is 0 Å². The fraction of sp³-hybridized carbons (Fsp3) is 0.891. The lowest BCUT2D eigenvalue weighted by Gasteiger charge is -2.32. The molecule has 0 saturated carbocycles. The third kappa shape index (κ3) is 36.0. The standard InChI is InChI=1S/C55H102N2O4S/c1-3-5-7-9-11-13-15-17-19-21-23-25-27-29-31-34-54(58)60-48-40-52-36-43-56(44-37-52)42-33-50-62-51-47-57-45-38-53(39-46-57)41-49-61-55(59)35-32-30-28-26-24-22-20-18-16-14-12-10-8-6-4-2/h17-20,52-53H,3-16,21-51H2,1-2H3/b19-17-,20-18-. The molecule has 0 aromatic carbocycles. The number of likely N-dealkylation sites (tertiary alicyclic amines) is 2. The molecule has 0 aromatic heterocycles. The van der Waals surface area contributed by atoms with Crippen LogP contribution in [0.5, 0.6) is 0 Å². The second-order valence-corrected chi connectivity index (χ2v) is 20.4. The van der Waals surface area contributed by atoms with E-state index in [1.807, 2.05) is 0 Å². The van der Waals surface area contributed by atoms with Crippen LogP contribution in [0.4, 0.5) is 0 Å². The zero-order chi connectivity index (χ0) is 44.2. The minimum Gasteiger partial charge on any atom is -0.466 e. The maximum atomic E-state index is 12.3. The summed E-state index contributed by atoms with van der Waals surface area (Å²) in [6, 6.07) is 0. The molecular formula is C55H102N2O4S. The summed E-state index contributed by atoms with van der Waals surface area (Å²) in [5.41, 5.74) is 0. The summed E-state index contributed by atoms with van der Waals surface area (Å²) >= 11 is 2.12. The van der Waals surface area contributed by atoms with Gasteiger partial charge in [0, 0.05) is 25.1 Å². The van der Waals surface area contributed by atoms with Gasteiger partial charge >= 0.3 is 11.9 Å². The van der Waals surface area contributed by atoms with Gasteiger partial charge in [-0.25, -0.2) is 0 Å². The Morgan fingerprint density at radius 1 is 0.452 bits per heavy atom. The molecule has 0 aromatic rings. The van der Waals surface area contributed by atoms with E-state index >= 15 is 0 Å². The minimum absolute atomic E-state index is 0.00965. The zero-order valence-electron chi connectivity index (χ0n) is 41.2. The molecule has 2 aliphatic heterocycles. The molecule has 62 heavy (non-hydrogen) atoms. The van der Waals surface area contributed by atoms with E-state index in [2.05, 4.69) is 59.7 Å². The summed E-state index contributed by atoms with van der Waals surface area (Å²) in [6.45, 7) is 13.0. The van der Waals surface area contributed by atoms with Crippen LogP contribution in [0.2, 0.25) is 0 Å². The summed E-state index contributed by atoms with van der Waals surface area (Å²) in [5, 5.41) is 0. The summed E-state index contributed by atoms with van der Waals surface area (Å²) in [7, 11) is 0. The Morgan fingerprint density at radius 2 is 0.806 bits per heavy atom. The van der Waals surface area contributed by atoms with E-state index in [1.165, 1.54) is 224 Å². The molecule has 0 aliphatic carbocycles. The van der Waals surface area contributed by atoms with Crippen molar-refractivity contribution in [2.24, 2.45) is 11.8 Å². The highest BCUT2D eigenvalue weighted by Crippen LogP contribution is 2.23. The zero-order valence-corrected chi connectivity index (χ0v) is 42.0. The minimum atomic E-state index is 0.00965. The van der Waals surface area contributed by atoms with Gasteiger partial charge in [-0.3, -0.25) is 9.59 Å². The number of thioether (sulfide) groups is 1. The van der Waals surface area contributed by atoms with Crippen LogP contribution in [0, 0.1) is 11.8 Å². The quantitative estimate of drug-likeness (QED) is 0.0343. The number of piperidine rings is 2. The third-order valence-corrected chi connectivity index (χ3v) is 14.6.